The Bertz CT molecular complexity index is 368. The Morgan fingerprint density at radius 2 is 2.06 bits per heavy atom. The Kier molecular flexibility index (Phi) is 6.66. The normalized spacial score (nSPS) is 14.5. The first-order chi connectivity index (χ1) is 8.63. The molecule has 0 aromatic heterocycles. The molecule has 1 nitrogen and oxygen atoms in total. The van der Waals surface area contributed by atoms with Gasteiger partial charge in [-0.15, -0.1) is 0 Å². The molecule has 1 aromatic carbocycles. The Hall–Kier alpha value is -0.600. The molecule has 1 N–H and O–H groups in total. The van der Waals surface area contributed by atoms with Crippen molar-refractivity contribution < 1.29 is 4.39 Å². The summed E-state index contributed by atoms with van der Waals surface area (Å²) in [5.74, 6) is 0.252. The Morgan fingerprint density at radius 3 is 2.56 bits per heavy atom. The van der Waals surface area contributed by atoms with Gasteiger partial charge in [-0.3, -0.25) is 0 Å². The predicted molar refractivity (Wildman–Crippen MR) is 76.5 cm³/mol. The van der Waals surface area contributed by atoms with Gasteiger partial charge in [0.15, 0.2) is 0 Å². The van der Waals surface area contributed by atoms with Gasteiger partial charge in [0.1, 0.15) is 5.82 Å². The van der Waals surface area contributed by atoms with Crippen LogP contribution in [0.15, 0.2) is 18.2 Å². The summed E-state index contributed by atoms with van der Waals surface area (Å²) in [6, 6.07) is 5.02. The average Bonchev–Trinajstić information content (AvgIpc) is 2.36. The number of halogens is 2. The maximum atomic E-state index is 14.0. The van der Waals surface area contributed by atoms with E-state index in [1.54, 1.807) is 12.1 Å². The van der Waals surface area contributed by atoms with Crippen molar-refractivity contribution in [2.45, 2.75) is 45.6 Å². The molecule has 2 atom stereocenters. The molecule has 0 bridgehead atoms. The zero-order chi connectivity index (χ0) is 13.5. The monoisotopic (exact) mass is 271 g/mol. The topological polar surface area (TPSA) is 12.0 Å². The molecule has 0 spiro atoms. The van der Waals surface area contributed by atoms with Gasteiger partial charge in [0.05, 0.1) is 0 Å². The molecule has 1 rings (SSSR count). The first-order valence-electron chi connectivity index (χ1n) is 6.76. The summed E-state index contributed by atoms with van der Waals surface area (Å²) in [4.78, 5) is 0. The van der Waals surface area contributed by atoms with E-state index < -0.39 is 0 Å². The second-order valence-electron chi connectivity index (χ2n) is 4.74. The molecule has 1 aromatic rings. The minimum atomic E-state index is -0.211. The largest absolute Gasteiger partial charge is 0.313 e. The van der Waals surface area contributed by atoms with Crippen molar-refractivity contribution in [1.82, 2.24) is 5.32 Å². The molecule has 0 amide bonds. The molecule has 3 heteroatoms. The van der Waals surface area contributed by atoms with Crippen LogP contribution in [0.4, 0.5) is 4.39 Å². The van der Waals surface area contributed by atoms with Gasteiger partial charge in [0, 0.05) is 16.6 Å². The molecular weight excluding hydrogens is 249 g/mol. The van der Waals surface area contributed by atoms with Gasteiger partial charge in [-0.2, -0.15) is 0 Å². The van der Waals surface area contributed by atoms with Crippen LogP contribution in [0.5, 0.6) is 0 Å². The van der Waals surface area contributed by atoms with Gasteiger partial charge in [-0.05, 0) is 31.5 Å². The van der Waals surface area contributed by atoms with E-state index in [-0.39, 0.29) is 11.9 Å². The zero-order valence-electron chi connectivity index (χ0n) is 11.5. The number of nitrogens with one attached hydrogen (secondary N) is 1. The number of rotatable bonds is 7. The van der Waals surface area contributed by atoms with E-state index in [0.29, 0.717) is 10.9 Å². The van der Waals surface area contributed by atoms with Gasteiger partial charge < -0.3 is 5.32 Å². The van der Waals surface area contributed by atoms with Crippen LogP contribution >= 0.6 is 11.6 Å². The lowest BCUT2D eigenvalue weighted by Gasteiger charge is -2.26. The van der Waals surface area contributed by atoms with E-state index in [2.05, 4.69) is 19.2 Å². The highest BCUT2D eigenvalue weighted by molar-refractivity contribution is 6.30. The lowest BCUT2D eigenvalue weighted by molar-refractivity contribution is 0.331. The van der Waals surface area contributed by atoms with Crippen molar-refractivity contribution in [3.63, 3.8) is 0 Å². The molecule has 2 unspecified atom stereocenters. The van der Waals surface area contributed by atoms with Crippen molar-refractivity contribution in [3.05, 3.63) is 34.6 Å². The quantitative estimate of drug-likeness (QED) is 0.739. The maximum absolute atomic E-state index is 14.0. The summed E-state index contributed by atoms with van der Waals surface area (Å²) < 4.78 is 14.0. The van der Waals surface area contributed by atoms with E-state index in [0.717, 1.165) is 18.4 Å². The third-order valence-corrected chi connectivity index (χ3v) is 3.77. The zero-order valence-corrected chi connectivity index (χ0v) is 12.2. The summed E-state index contributed by atoms with van der Waals surface area (Å²) >= 11 is 5.80. The van der Waals surface area contributed by atoms with Crippen molar-refractivity contribution in [2.75, 3.05) is 7.05 Å². The standard InChI is InChI=1S/C15H23ClFN/c1-4-6-7-11(5-2)15(18-3)13-9-8-12(16)10-14(13)17/h8-11,15,18H,4-7H2,1-3H3. The molecule has 0 saturated carbocycles. The lowest BCUT2D eigenvalue weighted by atomic mass is 9.87. The van der Waals surface area contributed by atoms with Crippen LogP contribution in [0.2, 0.25) is 5.02 Å². The van der Waals surface area contributed by atoms with E-state index >= 15 is 0 Å². The highest BCUT2D eigenvalue weighted by atomic mass is 35.5. The minimum Gasteiger partial charge on any atom is -0.313 e. The van der Waals surface area contributed by atoms with Gasteiger partial charge in [-0.1, -0.05) is 50.8 Å². The second kappa shape index (κ2) is 7.75. The van der Waals surface area contributed by atoms with Crippen molar-refractivity contribution in [1.29, 1.82) is 0 Å². The highest BCUT2D eigenvalue weighted by Crippen LogP contribution is 2.31. The van der Waals surface area contributed by atoms with Gasteiger partial charge in [0.2, 0.25) is 0 Å². The average molecular weight is 272 g/mol. The first-order valence-corrected chi connectivity index (χ1v) is 7.14. The summed E-state index contributed by atoms with van der Waals surface area (Å²) in [5.41, 5.74) is 0.727. The molecule has 0 aliphatic carbocycles. The summed E-state index contributed by atoms with van der Waals surface area (Å²) in [6.07, 6.45) is 4.54. The third kappa shape index (κ3) is 3.96. The Balaban J connectivity index is 2.92. The molecule has 0 aliphatic rings. The van der Waals surface area contributed by atoms with Crippen LogP contribution in [-0.2, 0) is 0 Å². The molecule has 18 heavy (non-hydrogen) atoms. The Labute approximate surface area is 115 Å². The summed E-state index contributed by atoms with van der Waals surface area (Å²) in [7, 11) is 1.90. The first kappa shape index (κ1) is 15.5. The van der Waals surface area contributed by atoms with E-state index in [9.17, 15) is 4.39 Å². The number of benzene rings is 1. The highest BCUT2D eigenvalue weighted by Gasteiger charge is 2.22. The summed E-state index contributed by atoms with van der Waals surface area (Å²) in [5, 5.41) is 3.71. The molecule has 0 saturated heterocycles. The molecular formula is C15H23ClFN. The van der Waals surface area contributed by atoms with E-state index in [1.165, 1.54) is 18.9 Å². The van der Waals surface area contributed by atoms with Crippen LogP contribution < -0.4 is 5.32 Å². The molecule has 0 heterocycles. The molecule has 0 aliphatic heterocycles. The fraction of sp³-hybridized carbons (Fsp3) is 0.600. The van der Waals surface area contributed by atoms with Gasteiger partial charge in [-0.25, -0.2) is 4.39 Å². The SMILES string of the molecule is CCCCC(CC)C(NC)c1ccc(Cl)cc1F. The Morgan fingerprint density at radius 1 is 1.33 bits per heavy atom. The fourth-order valence-corrected chi connectivity index (χ4v) is 2.63. The summed E-state index contributed by atoms with van der Waals surface area (Å²) in [6.45, 7) is 4.35. The molecule has 0 radical (unpaired) electrons. The van der Waals surface area contributed by atoms with Gasteiger partial charge in [0.25, 0.3) is 0 Å². The van der Waals surface area contributed by atoms with Crippen molar-refractivity contribution in [2.24, 2.45) is 5.92 Å². The molecule has 0 fully saturated rings. The minimum absolute atomic E-state index is 0.0683. The second-order valence-corrected chi connectivity index (χ2v) is 5.18. The number of hydrogen-bond donors (Lipinski definition) is 1. The van der Waals surface area contributed by atoms with Crippen LogP contribution in [0.1, 0.15) is 51.1 Å². The smallest absolute Gasteiger partial charge is 0.129 e. The van der Waals surface area contributed by atoms with Crippen molar-refractivity contribution >= 4 is 11.6 Å². The predicted octanol–water partition coefficient (Wildman–Crippen LogP) is 4.96. The van der Waals surface area contributed by atoms with E-state index in [4.69, 9.17) is 11.6 Å². The van der Waals surface area contributed by atoms with Crippen molar-refractivity contribution in [3.8, 4) is 0 Å². The van der Waals surface area contributed by atoms with Crippen LogP contribution in [0.25, 0.3) is 0 Å². The third-order valence-electron chi connectivity index (χ3n) is 3.53. The van der Waals surface area contributed by atoms with E-state index in [1.807, 2.05) is 7.05 Å². The van der Waals surface area contributed by atoms with Crippen LogP contribution in [0, 0.1) is 11.7 Å². The number of hydrogen-bond acceptors (Lipinski definition) is 1. The lowest BCUT2D eigenvalue weighted by Crippen LogP contribution is -2.26. The number of unbranched alkanes of at least 4 members (excludes halogenated alkanes) is 1. The molecule has 102 valence electrons. The fourth-order valence-electron chi connectivity index (χ4n) is 2.47. The van der Waals surface area contributed by atoms with Crippen LogP contribution in [-0.4, -0.2) is 7.05 Å². The van der Waals surface area contributed by atoms with Gasteiger partial charge >= 0.3 is 0 Å². The maximum Gasteiger partial charge on any atom is 0.129 e. The van der Waals surface area contributed by atoms with Crippen LogP contribution in [0.3, 0.4) is 0 Å².